The highest BCUT2D eigenvalue weighted by Gasteiger charge is 2.17. The number of hydrazone groups is 1. The molecule has 0 radical (unpaired) electrons. The van der Waals surface area contributed by atoms with E-state index in [1.165, 1.54) is 4.57 Å². The van der Waals surface area contributed by atoms with Crippen molar-refractivity contribution in [3.05, 3.63) is 97.1 Å². The molecule has 2 N–H and O–H groups in total. The van der Waals surface area contributed by atoms with Crippen molar-refractivity contribution in [3.8, 4) is 0 Å². The number of hydrogen-bond donors (Lipinski definition) is 2. The summed E-state index contributed by atoms with van der Waals surface area (Å²) >= 11 is 3.48. The van der Waals surface area contributed by atoms with Crippen molar-refractivity contribution < 1.29 is 0 Å². The van der Waals surface area contributed by atoms with Crippen LogP contribution in [0.5, 0.6) is 0 Å². The molecular formula is C23H21BrN6O2. The van der Waals surface area contributed by atoms with Crippen LogP contribution in [0.2, 0.25) is 0 Å². The predicted octanol–water partition coefficient (Wildman–Crippen LogP) is 3.50. The Morgan fingerprint density at radius 3 is 2.53 bits per heavy atom. The Balaban J connectivity index is 1.65. The van der Waals surface area contributed by atoms with Gasteiger partial charge >= 0.3 is 5.69 Å². The lowest BCUT2D eigenvalue weighted by atomic mass is 10.1. The van der Waals surface area contributed by atoms with E-state index in [4.69, 9.17) is 0 Å². The fourth-order valence-electron chi connectivity index (χ4n) is 3.32. The van der Waals surface area contributed by atoms with Gasteiger partial charge in [-0.15, -0.1) is 0 Å². The molecule has 0 aliphatic carbocycles. The summed E-state index contributed by atoms with van der Waals surface area (Å²) in [5.41, 5.74) is 4.68. The van der Waals surface area contributed by atoms with E-state index < -0.39 is 11.2 Å². The lowest BCUT2D eigenvalue weighted by Crippen LogP contribution is -2.29. The van der Waals surface area contributed by atoms with Crippen LogP contribution in [-0.2, 0) is 20.0 Å². The van der Waals surface area contributed by atoms with Crippen LogP contribution in [0.25, 0.3) is 17.2 Å². The molecule has 0 bridgehead atoms. The van der Waals surface area contributed by atoms with Gasteiger partial charge in [-0.05, 0) is 39.6 Å². The molecule has 2 aromatic heterocycles. The summed E-state index contributed by atoms with van der Waals surface area (Å²) < 4.78 is 3.82. The molecule has 9 heteroatoms. The van der Waals surface area contributed by atoms with Crippen molar-refractivity contribution in [2.45, 2.75) is 13.0 Å². The van der Waals surface area contributed by atoms with E-state index in [1.54, 1.807) is 17.8 Å². The molecule has 162 valence electrons. The molecular weight excluding hydrogens is 472 g/mol. The average Bonchev–Trinajstić information content (AvgIpc) is 3.16. The Hall–Kier alpha value is -3.72. The molecule has 0 aliphatic rings. The Morgan fingerprint density at radius 1 is 1.12 bits per heavy atom. The molecule has 0 aliphatic heterocycles. The normalized spacial score (nSPS) is 12.0. The number of nitrogens with one attached hydrogen (secondary N) is 2. The maximum absolute atomic E-state index is 12.6. The van der Waals surface area contributed by atoms with Crippen LogP contribution in [0.15, 0.2) is 79.8 Å². The number of anilines is 1. The number of H-pyrrole nitrogens is 1. The van der Waals surface area contributed by atoms with Gasteiger partial charge in [0.05, 0.1) is 6.21 Å². The fourth-order valence-corrected chi connectivity index (χ4v) is 3.69. The van der Waals surface area contributed by atoms with Crippen LogP contribution in [0, 0.1) is 0 Å². The zero-order valence-corrected chi connectivity index (χ0v) is 18.9. The summed E-state index contributed by atoms with van der Waals surface area (Å²) in [7, 11) is 1.57. The molecule has 4 aromatic rings. The van der Waals surface area contributed by atoms with E-state index in [9.17, 15) is 9.59 Å². The molecule has 32 heavy (non-hydrogen) atoms. The molecule has 0 saturated heterocycles. The Bertz CT molecular complexity index is 1400. The van der Waals surface area contributed by atoms with Gasteiger partial charge in [-0.2, -0.15) is 10.1 Å². The van der Waals surface area contributed by atoms with E-state index in [-0.39, 0.29) is 0 Å². The molecule has 0 fully saturated rings. The fraction of sp³-hybridized carbons (Fsp3) is 0.130. The predicted molar refractivity (Wildman–Crippen MR) is 131 cm³/mol. The minimum atomic E-state index is -0.515. The quantitative estimate of drug-likeness (QED) is 0.304. The summed E-state index contributed by atoms with van der Waals surface area (Å²) in [5.74, 6) is 0.374. The maximum atomic E-state index is 12.6. The van der Waals surface area contributed by atoms with Crippen molar-refractivity contribution in [2.75, 3.05) is 5.43 Å². The number of aromatic nitrogens is 4. The van der Waals surface area contributed by atoms with E-state index in [1.807, 2.05) is 66.7 Å². The van der Waals surface area contributed by atoms with Crippen molar-refractivity contribution in [2.24, 2.45) is 12.1 Å². The van der Waals surface area contributed by atoms with E-state index in [2.05, 4.69) is 36.4 Å². The SMILES string of the molecule is Cn1c(=O)[nH]c(=O)c2c1nc(NN=CC(Br)=Cc1ccccc1)n2CCc1ccccc1. The van der Waals surface area contributed by atoms with Crippen LogP contribution >= 0.6 is 15.9 Å². The highest BCUT2D eigenvalue weighted by Crippen LogP contribution is 2.17. The minimum Gasteiger partial charge on any atom is -0.303 e. The van der Waals surface area contributed by atoms with E-state index in [0.717, 1.165) is 15.6 Å². The number of aryl methyl sites for hydroxylation is 3. The third-order valence-corrected chi connectivity index (χ3v) is 5.36. The van der Waals surface area contributed by atoms with Gasteiger partial charge < -0.3 is 4.57 Å². The topological polar surface area (TPSA) is 97.1 Å². The molecule has 0 amide bonds. The second-order valence-corrected chi connectivity index (χ2v) is 8.04. The summed E-state index contributed by atoms with van der Waals surface area (Å²) in [6, 6.07) is 19.8. The van der Waals surface area contributed by atoms with E-state index in [0.29, 0.717) is 30.1 Å². The molecule has 0 saturated carbocycles. The number of allylic oxidation sites excluding steroid dienone is 1. The molecule has 0 spiro atoms. The monoisotopic (exact) mass is 492 g/mol. The first-order valence-corrected chi connectivity index (χ1v) is 10.8. The molecule has 2 aromatic carbocycles. The van der Waals surface area contributed by atoms with Crippen LogP contribution < -0.4 is 16.7 Å². The standard InChI is InChI=1S/C23H21BrN6O2/c1-29-20-19(21(31)27-23(29)32)30(13-12-16-8-4-2-5-9-16)22(26-20)28-25-15-18(24)14-17-10-6-3-7-11-17/h2-11,14-15H,12-13H2,1H3,(H,26,28)(H,27,31,32). The number of rotatable bonds is 7. The summed E-state index contributed by atoms with van der Waals surface area (Å²) in [6.07, 6.45) is 4.22. The van der Waals surface area contributed by atoms with Crippen molar-refractivity contribution in [3.63, 3.8) is 0 Å². The van der Waals surface area contributed by atoms with Gasteiger partial charge in [0.1, 0.15) is 0 Å². The second-order valence-electron chi connectivity index (χ2n) is 7.12. The van der Waals surface area contributed by atoms with Crippen LogP contribution in [0.4, 0.5) is 5.95 Å². The molecule has 0 atom stereocenters. The number of benzene rings is 2. The molecule has 8 nitrogen and oxygen atoms in total. The van der Waals surface area contributed by atoms with E-state index >= 15 is 0 Å². The number of aromatic amines is 1. The number of halogens is 1. The first-order valence-electron chi connectivity index (χ1n) is 9.98. The van der Waals surface area contributed by atoms with Crippen LogP contribution in [-0.4, -0.2) is 25.3 Å². The van der Waals surface area contributed by atoms with Gasteiger partial charge in [0.15, 0.2) is 11.2 Å². The lowest BCUT2D eigenvalue weighted by Gasteiger charge is -2.08. The largest absolute Gasteiger partial charge is 0.329 e. The highest BCUT2D eigenvalue weighted by molar-refractivity contribution is 9.12. The minimum absolute atomic E-state index is 0.295. The first kappa shape index (κ1) is 21.5. The van der Waals surface area contributed by atoms with Gasteiger partial charge in [-0.1, -0.05) is 60.7 Å². The Labute approximate surface area is 192 Å². The van der Waals surface area contributed by atoms with Gasteiger partial charge in [0, 0.05) is 18.1 Å². The van der Waals surface area contributed by atoms with Gasteiger partial charge in [-0.3, -0.25) is 14.3 Å². The number of fused-ring (bicyclic) bond motifs is 1. The van der Waals surface area contributed by atoms with Gasteiger partial charge in [0.2, 0.25) is 5.95 Å². The number of nitrogens with zero attached hydrogens (tertiary/aromatic N) is 4. The summed E-state index contributed by atoms with van der Waals surface area (Å²) in [4.78, 5) is 31.4. The van der Waals surface area contributed by atoms with Crippen molar-refractivity contribution >= 4 is 45.3 Å². The zero-order valence-electron chi connectivity index (χ0n) is 17.3. The zero-order chi connectivity index (χ0) is 22.5. The Kier molecular flexibility index (Phi) is 6.46. The second kappa shape index (κ2) is 9.61. The van der Waals surface area contributed by atoms with Gasteiger partial charge in [-0.25, -0.2) is 10.2 Å². The average molecular weight is 493 g/mol. The smallest absolute Gasteiger partial charge is 0.303 e. The third-order valence-electron chi connectivity index (χ3n) is 4.93. The van der Waals surface area contributed by atoms with Gasteiger partial charge in [0.25, 0.3) is 5.56 Å². The summed E-state index contributed by atoms with van der Waals surface area (Å²) in [5, 5.41) is 4.26. The third kappa shape index (κ3) is 4.78. The van der Waals surface area contributed by atoms with Crippen molar-refractivity contribution in [1.82, 2.24) is 19.1 Å². The van der Waals surface area contributed by atoms with Crippen molar-refractivity contribution in [1.29, 1.82) is 0 Å². The lowest BCUT2D eigenvalue weighted by molar-refractivity contribution is 0.716. The summed E-state index contributed by atoms with van der Waals surface area (Å²) in [6.45, 7) is 0.487. The highest BCUT2D eigenvalue weighted by atomic mass is 79.9. The molecule has 0 unspecified atom stereocenters. The first-order chi connectivity index (χ1) is 15.5. The molecule has 2 heterocycles. The Morgan fingerprint density at radius 2 is 1.81 bits per heavy atom. The van der Waals surface area contributed by atoms with Crippen LogP contribution in [0.3, 0.4) is 0 Å². The number of hydrogen-bond acceptors (Lipinski definition) is 5. The maximum Gasteiger partial charge on any atom is 0.329 e. The number of imidazole rings is 1. The molecule has 4 rings (SSSR count). The van der Waals surface area contributed by atoms with Crippen LogP contribution in [0.1, 0.15) is 11.1 Å².